The van der Waals surface area contributed by atoms with Crippen LogP contribution in [0.3, 0.4) is 0 Å². The third-order valence-electron chi connectivity index (χ3n) is 3.43. The third-order valence-corrected chi connectivity index (χ3v) is 5.05. The molecule has 0 unspecified atom stereocenters. The number of thioether (sulfide) groups is 1. The molecule has 1 aromatic heterocycles. The highest BCUT2D eigenvalue weighted by atomic mass is 32.2. The van der Waals surface area contributed by atoms with Crippen LogP contribution in [0.1, 0.15) is 10.5 Å². The minimum Gasteiger partial charge on any atom is -0.451 e. The molecular weight excluding hydrogens is 406 g/mol. The highest BCUT2D eigenvalue weighted by molar-refractivity contribution is 7.99. The van der Waals surface area contributed by atoms with Crippen molar-refractivity contribution in [2.24, 2.45) is 0 Å². The number of ether oxygens (including phenoxy) is 1. The number of esters is 1. The molecule has 5 nitrogen and oxygen atoms in total. The van der Waals surface area contributed by atoms with Crippen molar-refractivity contribution >= 4 is 40.7 Å². The van der Waals surface area contributed by atoms with Gasteiger partial charge in [-0.1, -0.05) is 42.1 Å². The Bertz CT molecular complexity index is 947. The first-order valence-corrected chi connectivity index (χ1v) is 9.80. The van der Waals surface area contributed by atoms with Crippen LogP contribution in [-0.2, 0) is 9.53 Å². The summed E-state index contributed by atoms with van der Waals surface area (Å²) < 4.78 is 29.5. The Morgan fingerprint density at radius 3 is 2.50 bits per heavy atom. The van der Waals surface area contributed by atoms with Crippen molar-refractivity contribution in [2.45, 2.75) is 10.7 Å². The second-order valence-corrected chi connectivity index (χ2v) is 7.35. The number of nitrogens with zero attached hydrogens (tertiary/aromatic N) is 1. The van der Waals surface area contributed by atoms with Crippen LogP contribution in [0.4, 0.5) is 14.5 Å². The molecule has 9 heteroatoms. The van der Waals surface area contributed by atoms with Gasteiger partial charge in [0.25, 0.3) is 11.7 Å². The number of alkyl halides is 2. The quantitative estimate of drug-likeness (QED) is 0.434. The number of carbonyl (C=O) groups excluding carboxylic acids is 2. The first-order chi connectivity index (χ1) is 13.5. The molecule has 0 spiro atoms. The number of carbonyl (C=O) groups is 2. The summed E-state index contributed by atoms with van der Waals surface area (Å²) in [7, 11) is 0. The first-order valence-electron chi connectivity index (χ1n) is 8.04. The molecule has 1 amide bonds. The fourth-order valence-corrected chi connectivity index (χ4v) is 3.50. The number of amides is 1. The fraction of sp³-hybridized carbons (Fsp3) is 0.105. The van der Waals surface area contributed by atoms with Crippen LogP contribution in [0.5, 0.6) is 0 Å². The van der Waals surface area contributed by atoms with Gasteiger partial charge in [0.05, 0.1) is 0 Å². The predicted molar refractivity (Wildman–Crippen MR) is 105 cm³/mol. The minimum atomic E-state index is -2.51. The monoisotopic (exact) mass is 420 g/mol. The van der Waals surface area contributed by atoms with Gasteiger partial charge in [0.2, 0.25) is 0 Å². The molecule has 1 heterocycles. The molecule has 3 rings (SSSR count). The molecule has 0 saturated carbocycles. The van der Waals surface area contributed by atoms with Crippen LogP contribution >= 0.6 is 23.1 Å². The van der Waals surface area contributed by atoms with E-state index in [4.69, 9.17) is 4.74 Å². The molecule has 0 radical (unpaired) electrons. The summed E-state index contributed by atoms with van der Waals surface area (Å²) in [6.45, 7) is -0.482. The van der Waals surface area contributed by atoms with Gasteiger partial charge in [-0.3, -0.25) is 4.79 Å². The Morgan fingerprint density at radius 2 is 1.82 bits per heavy atom. The Labute approximate surface area is 167 Å². The Morgan fingerprint density at radius 1 is 1.11 bits per heavy atom. The summed E-state index contributed by atoms with van der Waals surface area (Å²) in [5.41, 5.74) is 1.43. The number of nitrogens with one attached hydrogen (secondary N) is 1. The second kappa shape index (κ2) is 9.43. The molecule has 0 saturated heterocycles. The topological polar surface area (TPSA) is 68.3 Å². The molecule has 0 aliphatic rings. The average molecular weight is 420 g/mol. The minimum absolute atomic E-state index is 0.130. The van der Waals surface area contributed by atoms with E-state index in [9.17, 15) is 18.4 Å². The lowest BCUT2D eigenvalue weighted by Crippen LogP contribution is -2.21. The molecule has 0 bridgehead atoms. The smallest absolute Gasteiger partial charge is 0.358 e. The maximum atomic E-state index is 12.3. The Balaban J connectivity index is 1.50. The number of anilines is 1. The van der Waals surface area contributed by atoms with Gasteiger partial charge in [-0.05, 0) is 24.3 Å². The zero-order chi connectivity index (χ0) is 19.9. The fourth-order valence-electron chi connectivity index (χ4n) is 2.20. The number of thiazole rings is 1. The number of hydrogen-bond donors (Lipinski definition) is 1. The Hall–Kier alpha value is -2.78. The van der Waals surface area contributed by atoms with Gasteiger partial charge in [-0.25, -0.2) is 9.78 Å². The standard InChI is InChI=1S/C19H14F2N2O3S2/c20-19(21)28-14-8-6-13(7-9-14)22-16(24)10-26-18(25)15-11-27-17(23-15)12-4-2-1-3-5-12/h1-9,11,19H,10H2,(H,22,24). The highest BCUT2D eigenvalue weighted by Crippen LogP contribution is 2.26. The summed E-state index contributed by atoms with van der Waals surface area (Å²) in [4.78, 5) is 28.6. The van der Waals surface area contributed by atoms with E-state index in [0.717, 1.165) is 5.56 Å². The maximum Gasteiger partial charge on any atom is 0.358 e. The number of benzene rings is 2. The third kappa shape index (κ3) is 5.61. The lowest BCUT2D eigenvalue weighted by Gasteiger charge is -2.07. The van der Waals surface area contributed by atoms with E-state index in [2.05, 4.69) is 10.3 Å². The first kappa shape index (κ1) is 20.0. The van der Waals surface area contributed by atoms with Gasteiger partial charge in [-0.2, -0.15) is 8.78 Å². The summed E-state index contributed by atoms with van der Waals surface area (Å²) >= 11 is 1.72. The SMILES string of the molecule is O=C(COC(=O)c1csc(-c2ccccc2)n1)Nc1ccc(SC(F)F)cc1. The van der Waals surface area contributed by atoms with Gasteiger partial charge < -0.3 is 10.1 Å². The van der Waals surface area contributed by atoms with E-state index in [-0.39, 0.29) is 5.69 Å². The maximum absolute atomic E-state index is 12.3. The number of aromatic nitrogens is 1. The van der Waals surface area contributed by atoms with Gasteiger partial charge in [0, 0.05) is 21.5 Å². The number of hydrogen-bond acceptors (Lipinski definition) is 6. The van der Waals surface area contributed by atoms with Crippen molar-refractivity contribution in [2.75, 3.05) is 11.9 Å². The largest absolute Gasteiger partial charge is 0.451 e. The predicted octanol–water partition coefficient (Wildman–Crippen LogP) is 4.92. The zero-order valence-electron chi connectivity index (χ0n) is 14.3. The molecule has 3 aromatic rings. The lowest BCUT2D eigenvalue weighted by atomic mass is 10.2. The van der Waals surface area contributed by atoms with Crippen LogP contribution in [0, 0.1) is 0 Å². The molecule has 0 aliphatic heterocycles. The van der Waals surface area contributed by atoms with Crippen molar-refractivity contribution in [1.29, 1.82) is 0 Å². The molecule has 0 fully saturated rings. The van der Waals surface area contributed by atoms with Crippen LogP contribution in [-0.4, -0.2) is 29.2 Å². The van der Waals surface area contributed by atoms with E-state index in [1.165, 1.54) is 35.6 Å². The highest BCUT2D eigenvalue weighted by Gasteiger charge is 2.15. The molecule has 0 atom stereocenters. The van der Waals surface area contributed by atoms with Crippen molar-refractivity contribution < 1.29 is 23.1 Å². The molecule has 1 N–H and O–H groups in total. The summed E-state index contributed by atoms with van der Waals surface area (Å²) in [6, 6.07) is 15.3. The molecular formula is C19H14F2N2O3S2. The van der Waals surface area contributed by atoms with E-state index in [1.807, 2.05) is 30.3 Å². The zero-order valence-corrected chi connectivity index (χ0v) is 15.9. The average Bonchev–Trinajstić information content (AvgIpc) is 3.18. The van der Waals surface area contributed by atoms with Gasteiger partial charge in [0.1, 0.15) is 5.01 Å². The van der Waals surface area contributed by atoms with E-state index in [0.29, 0.717) is 27.4 Å². The number of rotatable bonds is 7. The van der Waals surface area contributed by atoms with Gasteiger partial charge in [0.15, 0.2) is 12.3 Å². The van der Waals surface area contributed by atoms with E-state index >= 15 is 0 Å². The summed E-state index contributed by atoms with van der Waals surface area (Å²) in [5.74, 6) is -3.74. The van der Waals surface area contributed by atoms with Crippen LogP contribution in [0.25, 0.3) is 10.6 Å². The second-order valence-electron chi connectivity index (χ2n) is 5.43. The van der Waals surface area contributed by atoms with Crippen LogP contribution in [0.15, 0.2) is 64.9 Å². The molecule has 28 heavy (non-hydrogen) atoms. The normalized spacial score (nSPS) is 10.7. The van der Waals surface area contributed by atoms with Crippen molar-refractivity contribution in [1.82, 2.24) is 4.98 Å². The van der Waals surface area contributed by atoms with E-state index < -0.39 is 24.2 Å². The Kier molecular flexibility index (Phi) is 6.72. The summed E-state index contributed by atoms with van der Waals surface area (Å²) in [5, 5.41) is 4.78. The molecule has 0 aliphatic carbocycles. The van der Waals surface area contributed by atoms with Gasteiger partial charge >= 0.3 is 5.97 Å². The lowest BCUT2D eigenvalue weighted by molar-refractivity contribution is -0.119. The van der Waals surface area contributed by atoms with E-state index in [1.54, 1.807) is 5.38 Å². The molecule has 2 aromatic carbocycles. The van der Waals surface area contributed by atoms with Crippen LogP contribution in [0.2, 0.25) is 0 Å². The number of halogens is 2. The molecule has 144 valence electrons. The van der Waals surface area contributed by atoms with Crippen molar-refractivity contribution in [3.63, 3.8) is 0 Å². The van der Waals surface area contributed by atoms with Crippen LogP contribution < -0.4 is 5.32 Å². The van der Waals surface area contributed by atoms with Gasteiger partial charge in [-0.15, -0.1) is 11.3 Å². The summed E-state index contributed by atoms with van der Waals surface area (Å²) in [6.07, 6.45) is 0. The van der Waals surface area contributed by atoms with Crippen molar-refractivity contribution in [3.8, 4) is 10.6 Å². The van der Waals surface area contributed by atoms with Crippen molar-refractivity contribution in [3.05, 3.63) is 65.7 Å².